The molecule has 0 saturated carbocycles. The molecule has 5 rings (SSSR count). The highest BCUT2D eigenvalue weighted by molar-refractivity contribution is 5.93. The smallest absolute Gasteiger partial charge is 0.326 e. The van der Waals surface area contributed by atoms with Crippen LogP contribution in [-0.2, 0) is 20.9 Å². The van der Waals surface area contributed by atoms with E-state index in [2.05, 4.69) is 15.4 Å². The van der Waals surface area contributed by atoms with Crippen molar-refractivity contribution in [2.75, 3.05) is 11.9 Å². The Balaban J connectivity index is 1.30. The predicted molar refractivity (Wildman–Crippen MR) is 135 cm³/mol. The molecule has 1 N–H and O–H groups in total. The van der Waals surface area contributed by atoms with Gasteiger partial charge in [0.2, 0.25) is 0 Å². The summed E-state index contributed by atoms with van der Waals surface area (Å²) in [6, 6.07) is 27.7. The second kappa shape index (κ2) is 10.1. The van der Waals surface area contributed by atoms with Gasteiger partial charge < -0.3 is 10.1 Å². The van der Waals surface area contributed by atoms with Crippen molar-refractivity contribution in [2.24, 2.45) is 0 Å². The summed E-state index contributed by atoms with van der Waals surface area (Å²) in [6.45, 7) is -0.855. The Hall–Kier alpha value is -5.05. The van der Waals surface area contributed by atoms with Gasteiger partial charge in [-0.3, -0.25) is 19.0 Å². The summed E-state index contributed by atoms with van der Waals surface area (Å²) in [5.74, 6) is -0.824. The number of fused-ring (bicyclic) bond motifs is 1. The number of ether oxygens (including phenoxy) is 1. The number of para-hydroxylation sites is 3. The number of anilines is 1. The van der Waals surface area contributed by atoms with Gasteiger partial charge in [0.25, 0.3) is 11.5 Å². The van der Waals surface area contributed by atoms with Gasteiger partial charge in [0.1, 0.15) is 12.4 Å². The van der Waals surface area contributed by atoms with E-state index in [9.17, 15) is 14.4 Å². The fourth-order valence-electron chi connectivity index (χ4n) is 3.76. The quantitative estimate of drug-likeness (QED) is 0.358. The van der Waals surface area contributed by atoms with E-state index in [0.29, 0.717) is 22.5 Å². The molecule has 0 aliphatic rings. The number of aromatic nitrogens is 4. The Labute approximate surface area is 205 Å². The second-order valence-corrected chi connectivity index (χ2v) is 7.91. The van der Waals surface area contributed by atoms with E-state index in [1.54, 1.807) is 35.0 Å². The van der Waals surface area contributed by atoms with Crippen LogP contribution in [0.3, 0.4) is 0 Å². The second-order valence-electron chi connectivity index (χ2n) is 7.91. The zero-order chi connectivity index (χ0) is 24.9. The van der Waals surface area contributed by atoms with Crippen molar-refractivity contribution in [1.82, 2.24) is 19.3 Å². The minimum Gasteiger partial charge on any atom is -0.454 e. The minimum absolute atomic E-state index is 0.338. The van der Waals surface area contributed by atoms with Crippen LogP contribution < -0.4 is 10.9 Å². The molecule has 0 radical (unpaired) electrons. The molecule has 9 heteroatoms. The molecule has 0 saturated heterocycles. The number of nitrogens with zero attached hydrogens (tertiary/aromatic N) is 4. The number of nitrogens with one attached hydrogen (secondary N) is 1. The van der Waals surface area contributed by atoms with Gasteiger partial charge in [0, 0.05) is 11.6 Å². The fraction of sp³-hybridized carbons (Fsp3) is 0.0741. The predicted octanol–water partition coefficient (Wildman–Crippen LogP) is 3.43. The molecular formula is C27H21N5O4. The third kappa shape index (κ3) is 4.90. The summed E-state index contributed by atoms with van der Waals surface area (Å²) in [5, 5.41) is 7.41. The third-order valence-corrected chi connectivity index (χ3v) is 5.45. The van der Waals surface area contributed by atoms with Crippen LogP contribution >= 0.6 is 0 Å². The summed E-state index contributed by atoms with van der Waals surface area (Å²) in [6.07, 6.45) is 1.15. The first-order valence-corrected chi connectivity index (χ1v) is 11.2. The van der Waals surface area contributed by atoms with Crippen molar-refractivity contribution in [3.8, 4) is 16.9 Å². The van der Waals surface area contributed by atoms with E-state index in [-0.39, 0.29) is 6.54 Å². The van der Waals surface area contributed by atoms with Gasteiger partial charge in [-0.25, -0.2) is 9.67 Å². The summed E-state index contributed by atoms with van der Waals surface area (Å²) >= 11 is 0. The van der Waals surface area contributed by atoms with Gasteiger partial charge in [-0.2, -0.15) is 5.10 Å². The van der Waals surface area contributed by atoms with Gasteiger partial charge in [0.15, 0.2) is 6.61 Å². The van der Waals surface area contributed by atoms with Crippen LogP contribution in [0.4, 0.5) is 5.82 Å². The van der Waals surface area contributed by atoms with E-state index in [1.807, 2.05) is 60.7 Å². The number of carbonyl (C=O) groups is 2. The molecule has 1 amide bonds. The Morgan fingerprint density at radius 3 is 2.36 bits per heavy atom. The molecule has 0 aliphatic carbocycles. The van der Waals surface area contributed by atoms with E-state index >= 15 is 0 Å². The highest BCUT2D eigenvalue weighted by Gasteiger charge is 2.16. The zero-order valence-electron chi connectivity index (χ0n) is 19.1. The molecule has 2 aromatic heterocycles. The van der Waals surface area contributed by atoms with Gasteiger partial charge >= 0.3 is 5.97 Å². The van der Waals surface area contributed by atoms with Crippen molar-refractivity contribution in [2.45, 2.75) is 6.54 Å². The highest BCUT2D eigenvalue weighted by Crippen LogP contribution is 2.24. The summed E-state index contributed by atoms with van der Waals surface area (Å²) in [7, 11) is 0. The lowest BCUT2D eigenvalue weighted by atomic mass is 10.2. The zero-order valence-corrected chi connectivity index (χ0v) is 19.1. The minimum atomic E-state index is -0.717. The molecule has 178 valence electrons. The SMILES string of the molecule is O=C(COC(=O)Cn1c(=O)cnc2ccccc21)Nc1cc(-c2ccccc2)nn1-c1ccccc1. The van der Waals surface area contributed by atoms with E-state index in [0.717, 1.165) is 17.4 Å². The van der Waals surface area contributed by atoms with E-state index in [1.165, 1.54) is 4.57 Å². The molecule has 0 atom stereocenters. The number of benzene rings is 3. The van der Waals surface area contributed by atoms with Crippen molar-refractivity contribution in [3.63, 3.8) is 0 Å². The van der Waals surface area contributed by atoms with Crippen molar-refractivity contribution in [3.05, 3.63) is 108 Å². The fourth-order valence-corrected chi connectivity index (χ4v) is 3.76. The normalized spacial score (nSPS) is 10.8. The highest BCUT2D eigenvalue weighted by atomic mass is 16.5. The molecule has 5 aromatic rings. The maximum atomic E-state index is 12.7. The monoisotopic (exact) mass is 479 g/mol. The van der Waals surface area contributed by atoms with Crippen LogP contribution in [0.5, 0.6) is 0 Å². The molecule has 0 unspecified atom stereocenters. The number of amides is 1. The van der Waals surface area contributed by atoms with Crippen LogP contribution in [0.1, 0.15) is 0 Å². The van der Waals surface area contributed by atoms with Crippen molar-refractivity contribution in [1.29, 1.82) is 0 Å². The first-order valence-electron chi connectivity index (χ1n) is 11.2. The largest absolute Gasteiger partial charge is 0.454 e. The summed E-state index contributed by atoms with van der Waals surface area (Å²) in [4.78, 5) is 41.4. The molecule has 2 heterocycles. The van der Waals surface area contributed by atoms with Gasteiger partial charge in [-0.05, 0) is 24.3 Å². The summed E-state index contributed by atoms with van der Waals surface area (Å²) < 4.78 is 8.04. The Kier molecular flexibility index (Phi) is 6.35. The molecule has 0 spiro atoms. The first kappa shape index (κ1) is 22.7. The van der Waals surface area contributed by atoms with Crippen LogP contribution in [0.15, 0.2) is 102 Å². The molecule has 0 aliphatic heterocycles. The first-order chi connectivity index (χ1) is 17.6. The average molecular weight is 479 g/mol. The Bertz CT molecular complexity index is 1590. The number of rotatable bonds is 7. The molecule has 9 nitrogen and oxygen atoms in total. The van der Waals surface area contributed by atoms with Gasteiger partial charge in [-0.15, -0.1) is 0 Å². The van der Waals surface area contributed by atoms with E-state index in [4.69, 9.17) is 4.74 Å². The molecule has 3 aromatic carbocycles. The molecular weight excluding hydrogens is 458 g/mol. The number of esters is 1. The van der Waals surface area contributed by atoms with Crippen LogP contribution in [0.2, 0.25) is 0 Å². The van der Waals surface area contributed by atoms with E-state index < -0.39 is 24.0 Å². The molecule has 0 fully saturated rings. The van der Waals surface area contributed by atoms with Crippen LogP contribution in [0, 0.1) is 0 Å². The van der Waals surface area contributed by atoms with Crippen molar-refractivity contribution >= 4 is 28.7 Å². The maximum absolute atomic E-state index is 12.7. The number of carbonyl (C=O) groups excluding carboxylic acids is 2. The Morgan fingerprint density at radius 1 is 0.889 bits per heavy atom. The lowest BCUT2D eigenvalue weighted by molar-refractivity contribution is -0.147. The number of hydrogen-bond acceptors (Lipinski definition) is 6. The molecule has 0 bridgehead atoms. The van der Waals surface area contributed by atoms with Crippen LogP contribution in [-0.4, -0.2) is 37.8 Å². The maximum Gasteiger partial charge on any atom is 0.326 e. The lowest BCUT2D eigenvalue weighted by Crippen LogP contribution is -2.28. The third-order valence-electron chi connectivity index (χ3n) is 5.45. The Morgan fingerprint density at radius 2 is 1.58 bits per heavy atom. The number of hydrogen-bond donors (Lipinski definition) is 1. The lowest BCUT2D eigenvalue weighted by Gasteiger charge is -2.11. The van der Waals surface area contributed by atoms with Crippen LogP contribution in [0.25, 0.3) is 28.0 Å². The summed E-state index contributed by atoms with van der Waals surface area (Å²) in [5.41, 5.74) is 2.98. The van der Waals surface area contributed by atoms with Gasteiger partial charge in [0.05, 0.1) is 28.6 Å². The van der Waals surface area contributed by atoms with Gasteiger partial charge in [-0.1, -0.05) is 60.7 Å². The topological polar surface area (TPSA) is 108 Å². The average Bonchev–Trinajstić information content (AvgIpc) is 3.34. The molecule has 36 heavy (non-hydrogen) atoms. The van der Waals surface area contributed by atoms with Crippen molar-refractivity contribution < 1.29 is 14.3 Å². The standard InChI is InChI=1S/C27H21N5O4/c33-25(18-36-27(35)17-31-23-14-8-7-13-21(23)28-16-26(31)34)29-24-15-22(19-9-3-1-4-10-19)30-32(24)20-11-5-2-6-12-20/h1-16H,17-18H2,(H,29,33).